The lowest BCUT2D eigenvalue weighted by atomic mass is 10.2. The van der Waals surface area contributed by atoms with E-state index in [1.807, 2.05) is 0 Å². The van der Waals surface area contributed by atoms with Crippen molar-refractivity contribution in [3.8, 4) is 0 Å². The predicted octanol–water partition coefficient (Wildman–Crippen LogP) is 2.49. The minimum absolute atomic E-state index is 0.00933. The van der Waals surface area contributed by atoms with Crippen LogP contribution in [0.5, 0.6) is 0 Å². The van der Waals surface area contributed by atoms with Crippen molar-refractivity contribution in [2.24, 2.45) is 0 Å². The summed E-state index contributed by atoms with van der Waals surface area (Å²) < 4.78 is 39.8. The fourth-order valence-electron chi connectivity index (χ4n) is 2.37. The van der Waals surface area contributed by atoms with Crippen LogP contribution in [0.3, 0.4) is 0 Å². The van der Waals surface area contributed by atoms with Crippen molar-refractivity contribution in [3.05, 3.63) is 32.9 Å². The molecular formula is C13H15F3N6O3. The zero-order chi connectivity index (χ0) is 18.9. The number of hydrogen-bond donors (Lipinski definition) is 2. The first kappa shape index (κ1) is 18.4. The van der Waals surface area contributed by atoms with Gasteiger partial charge in [0.25, 0.3) is 0 Å². The van der Waals surface area contributed by atoms with Crippen LogP contribution in [0, 0.1) is 30.9 Å². The van der Waals surface area contributed by atoms with Gasteiger partial charge in [-0.3, -0.25) is 24.7 Å². The van der Waals surface area contributed by atoms with Gasteiger partial charge in [-0.2, -0.15) is 23.4 Å². The number of carbonyl (C=O) groups excluding carboxylic acids is 1. The average molecular weight is 360 g/mol. The van der Waals surface area contributed by atoms with Crippen LogP contribution in [0.4, 0.5) is 24.5 Å². The monoisotopic (exact) mass is 360 g/mol. The SMILES string of the molecule is Cc1nn(CCC(=O)Nc2c(C(F)(F)F)n[nH]c2C)c(C)c1[N+](=O)[O-]. The normalized spacial score (nSPS) is 11.6. The lowest BCUT2D eigenvalue weighted by Crippen LogP contribution is -2.18. The second-order valence-corrected chi connectivity index (χ2v) is 5.37. The van der Waals surface area contributed by atoms with Crippen LogP contribution in [-0.2, 0) is 17.5 Å². The number of nitrogens with zero attached hydrogens (tertiary/aromatic N) is 4. The zero-order valence-corrected chi connectivity index (χ0v) is 13.6. The molecule has 0 radical (unpaired) electrons. The fraction of sp³-hybridized carbons (Fsp3) is 0.462. The Morgan fingerprint density at radius 1 is 1.36 bits per heavy atom. The Kier molecular flexibility index (Phi) is 4.81. The molecule has 0 aliphatic rings. The van der Waals surface area contributed by atoms with E-state index in [1.165, 1.54) is 25.5 Å². The number of aromatic nitrogens is 4. The molecule has 2 rings (SSSR count). The number of rotatable bonds is 5. The molecule has 0 spiro atoms. The Morgan fingerprint density at radius 3 is 2.52 bits per heavy atom. The number of alkyl halides is 3. The summed E-state index contributed by atoms with van der Waals surface area (Å²) in [6.07, 6.45) is -4.91. The number of anilines is 1. The van der Waals surface area contributed by atoms with Gasteiger partial charge < -0.3 is 5.32 Å². The summed E-state index contributed by atoms with van der Waals surface area (Å²) >= 11 is 0. The van der Waals surface area contributed by atoms with E-state index >= 15 is 0 Å². The maximum atomic E-state index is 12.8. The van der Waals surface area contributed by atoms with Gasteiger partial charge in [0.15, 0.2) is 5.69 Å². The van der Waals surface area contributed by atoms with Gasteiger partial charge in [0.2, 0.25) is 5.91 Å². The Balaban J connectivity index is 2.09. The van der Waals surface area contributed by atoms with Gasteiger partial charge in [-0.25, -0.2) is 0 Å². The number of aromatic amines is 1. The molecule has 0 bridgehead atoms. The molecule has 0 fully saturated rings. The molecule has 0 unspecified atom stereocenters. The molecule has 9 nitrogen and oxygen atoms in total. The summed E-state index contributed by atoms with van der Waals surface area (Å²) in [6, 6.07) is 0. The molecular weight excluding hydrogens is 345 g/mol. The molecule has 2 heterocycles. The van der Waals surface area contributed by atoms with Gasteiger partial charge in [-0.15, -0.1) is 0 Å². The molecule has 2 aromatic rings. The van der Waals surface area contributed by atoms with Gasteiger partial charge >= 0.3 is 11.9 Å². The van der Waals surface area contributed by atoms with Crippen molar-refractivity contribution in [1.29, 1.82) is 0 Å². The third kappa shape index (κ3) is 3.78. The number of carbonyl (C=O) groups is 1. The second kappa shape index (κ2) is 6.53. The average Bonchev–Trinajstić information content (AvgIpc) is 2.97. The van der Waals surface area contributed by atoms with E-state index < -0.39 is 28.4 Å². The van der Waals surface area contributed by atoms with Crippen LogP contribution >= 0.6 is 0 Å². The van der Waals surface area contributed by atoms with Gasteiger partial charge in [0.1, 0.15) is 11.4 Å². The molecule has 0 aliphatic carbocycles. The van der Waals surface area contributed by atoms with Gasteiger partial charge in [0, 0.05) is 6.42 Å². The Labute approximate surface area is 139 Å². The predicted molar refractivity (Wildman–Crippen MR) is 79.9 cm³/mol. The number of nitro groups is 1. The van der Waals surface area contributed by atoms with Crippen LogP contribution < -0.4 is 5.32 Å². The van der Waals surface area contributed by atoms with E-state index in [9.17, 15) is 28.1 Å². The third-order valence-electron chi connectivity index (χ3n) is 3.56. The Bertz CT molecular complexity index is 824. The first-order valence-corrected chi connectivity index (χ1v) is 7.12. The number of aryl methyl sites for hydroxylation is 3. The van der Waals surface area contributed by atoms with Gasteiger partial charge in [-0.1, -0.05) is 0 Å². The first-order chi connectivity index (χ1) is 11.5. The van der Waals surface area contributed by atoms with Gasteiger partial charge in [-0.05, 0) is 20.8 Å². The second-order valence-electron chi connectivity index (χ2n) is 5.37. The van der Waals surface area contributed by atoms with Crippen molar-refractivity contribution in [3.63, 3.8) is 0 Å². The van der Waals surface area contributed by atoms with Crippen molar-refractivity contribution in [2.75, 3.05) is 5.32 Å². The van der Waals surface area contributed by atoms with Crippen molar-refractivity contribution >= 4 is 17.3 Å². The van der Waals surface area contributed by atoms with Crippen LogP contribution in [0.2, 0.25) is 0 Å². The smallest absolute Gasteiger partial charge is 0.323 e. The highest BCUT2D eigenvalue weighted by atomic mass is 19.4. The van der Waals surface area contributed by atoms with Crippen LogP contribution in [0.1, 0.15) is 29.2 Å². The summed E-state index contributed by atoms with van der Waals surface area (Å²) in [7, 11) is 0. The quantitative estimate of drug-likeness (QED) is 0.627. The van der Waals surface area contributed by atoms with E-state index in [0.717, 1.165) is 0 Å². The number of halogens is 3. The highest BCUT2D eigenvalue weighted by molar-refractivity contribution is 5.91. The molecule has 0 saturated heterocycles. The third-order valence-corrected chi connectivity index (χ3v) is 3.56. The van der Waals surface area contributed by atoms with E-state index in [1.54, 1.807) is 0 Å². The summed E-state index contributed by atoms with van der Waals surface area (Å²) in [5.74, 6) is -0.690. The van der Waals surface area contributed by atoms with E-state index in [4.69, 9.17) is 0 Å². The van der Waals surface area contributed by atoms with Crippen molar-refractivity contribution < 1.29 is 22.9 Å². The minimum atomic E-state index is -4.70. The van der Waals surface area contributed by atoms with Crippen molar-refractivity contribution in [2.45, 2.75) is 39.9 Å². The lowest BCUT2D eigenvalue weighted by Gasteiger charge is -2.09. The molecule has 0 saturated carbocycles. The van der Waals surface area contributed by atoms with Crippen LogP contribution in [0.15, 0.2) is 0 Å². The molecule has 25 heavy (non-hydrogen) atoms. The number of hydrogen-bond acceptors (Lipinski definition) is 5. The number of amides is 1. The molecule has 0 aliphatic heterocycles. The summed E-state index contributed by atoms with van der Waals surface area (Å²) in [5, 5.41) is 22.4. The Morgan fingerprint density at radius 2 is 2.00 bits per heavy atom. The Hall–Kier alpha value is -2.92. The van der Waals surface area contributed by atoms with Gasteiger partial charge in [0.05, 0.1) is 22.8 Å². The zero-order valence-electron chi connectivity index (χ0n) is 13.6. The standard InChI is InChI=1S/C13H15F3N6O3/c1-6-10(12(19-18-6)13(14,15)16)17-9(23)4-5-21-8(3)11(22(24)25)7(2)20-21/h4-5H2,1-3H3,(H,17,23)(H,18,19). The lowest BCUT2D eigenvalue weighted by molar-refractivity contribution is -0.386. The molecule has 1 amide bonds. The summed E-state index contributed by atoms with van der Waals surface area (Å²) in [6.45, 7) is 4.29. The molecule has 2 aromatic heterocycles. The topological polar surface area (TPSA) is 119 Å². The first-order valence-electron chi connectivity index (χ1n) is 7.12. The summed E-state index contributed by atoms with van der Waals surface area (Å²) in [5.41, 5.74) is -1.25. The van der Waals surface area contributed by atoms with E-state index in [2.05, 4.69) is 20.6 Å². The van der Waals surface area contributed by atoms with Crippen LogP contribution in [-0.4, -0.2) is 30.8 Å². The maximum absolute atomic E-state index is 12.8. The number of H-pyrrole nitrogens is 1. The molecule has 12 heteroatoms. The maximum Gasteiger partial charge on any atom is 0.437 e. The van der Waals surface area contributed by atoms with Crippen molar-refractivity contribution in [1.82, 2.24) is 20.0 Å². The molecule has 0 aromatic carbocycles. The minimum Gasteiger partial charge on any atom is -0.323 e. The molecule has 136 valence electrons. The van der Waals surface area contributed by atoms with E-state index in [0.29, 0.717) is 0 Å². The highest BCUT2D eigenvalue weighted by Gasteiger charge is 2.38. The molecule has 0 atom stereocenters. The summed E-state index contributed by atoms with van der Waals surface area (Å²) in [4.78, 5) is 22.3. The fourth-order valence-corrected chi connectivity index (χ4v) is 2.37. The highest BCUT2D eigenvalue weighted by Crippen LogP contribution is 2.34. The molecule has 2 N–H and O–H groups in total. The van der Waals surface area contributed by atoms with E-state index in [-0.39, 0.29) is 35.7 Å². The largest absolute Gasteiger partial charge is 0.437 e. The van der Waals surface area contributed by atoms with Crippen LogP contribution in [0.25, 0.3) is 0 Å². The number of nitrogens with one attached hydrogen (secondary N) is 2.